The van der Waals surface area contributed by atoms with E-state index in [9.17, 15) is 0 Å². The molecule has 4 heteroatoms. The summed E-state index contributed by atoms with van der Waals surface area (Å²) in [6.07, 6.45) is 1.73. The van der Waals surface area contributed by atoms with E-state index in [1.807, 2.05) is 18.2 Å². The molecule has 0 spiro atoms. The maximum absolute atomic E-state index is 6.23. The lowest BCUT2D eigenvalue weighted by Crippen LogP contribution is -2.22. The first-order chi connectivity index (χ1) is 12.3. The summed E-state index contributed by atoms with van der Waals surface area (Å²) in [5, 5.41) is 5.22. The average Bonchev–Trinajstić information content (AvgIpc) is 3.09. The zero-order valence-electron chi connectivity index (χ0n) is 13.6. The van der Waals surface area contributed by atoms with Gasteiger partial charge in [-0.1, -0.05) is 72.3 Å². The van der Waals surface area contributed by atoms with Gasteiger partial charge in [-0.3, -0.25) is 0 Å². The maximum atomic E-state index is 6.23. The van der Waals surface area contributed by atoms with E-state index in [2.05, 4.69) is 69.9 Å². The quantitative estimate of drug-likeness (QED) is 0.493. The Morgan fingerprint density at radius 1 is 0.960 bits per heavy atom. The lowest BCUT2D eigenvalue weighted by Gasteiger charge is -2.18. The van der Waals surface area contributed by atoms with Crippen LogP contribution < -0.4 is 5.32 Å². The second kappa shape index (κ2) is 7.09. The molecule has 124 valence electrons. The van der Waals surface area contributed by atoms with Gasteiger partial charge in [0.2, 0.25) is 0 Å². The Morgan fingerprint density at radius 3 is 2.40 bits per heavy atom. The minimum Gasteiger partial charge on any atom is -0.354 e. The molecule has 3 nitrogen and oxygen atoms in total. The Morgan fingerprint density at radius 2 is 1.68 bits per heavy atom. The fourth-order valence-electron chi connectivity index (χ4n) is 3.07. The normalized spacial score (nSPS) is 12.4. The van der Waals surface area contributed by atoms with E-state index < -0.39 is 0 Å². The van der Waals surface area contributed by atoms with Gasteiger partial charge in [0.05, 0.1) is 11.6 Å². The molecule has 2 aromatic heterocycles. The van der Waals surface area contributed by atoms with Crippen LogP contribution in [0.1, 0.15) is 22.9 Å². The standard InChI is InChI=1S/C21H18ClN3/c22-21-20-17(11-12-23-21)13-18(25-20)19(16-9-5-2-6-10-16)24-14-15-7-3-1-4-8-15/h1-13,19,24-25H,14H2/t19-/m1/s1. The second-order valence-electron chi connectivity index (χ2n) is 6.00. The molecule has 2 heterocycles. The molecule has 4 rings (SSSR count). The van der Waals surface area contributed by atoms with Crippen LogP contribution in [-0.4, -0.2) is 9.97 Å². The number of hydrogen-bond donors (Lipinski definition) is 2. The SMILES string of the molecule is Clc1nccc2cc([C@H](NCc3ccccc3)c3ccccc3)[nH]c12. The summed E-state index contributed by atoms with van der Waals surface area (Å²) < 4.78 is 0. The molecule has 0 fully saturated rings. The number of aromatic amines is 1. The van der Waals surface area contributed by atoms with E-state index in [1.54, 1.807) is 6.20 Å². The van der Waals surface area contributed by atoms with Crippen molar-refractivity contribution in [1.29, 1.82) is 0 Å². The van der Waals surface area contributed by atoms with Gasteiger partial charge in [0.1, 0.15) is 0 Å². The minimum absolute atomic E-state index is 0.0462. The highest BCUT2D eigenvalue weighted by Crippen LogP contribution is 2.28. The number of aromatic nitrogens is 2. The van der Waals surface area contributed by atoms with E-state index in [1.165, 1.54) is 11.1 Å². The van der Waals surface area contributed by atoms with Crippen LogP contribution in [0.2, 0.25) is 5.15 Å². The van der Waals surface area contributed by atoms with E-state index in [0.29, 0.717) is 5.15 Å². The molecule has 0 amide bonds. The number of benzene rings is 2. The molecule has 4 aromatic rings. The number of H-pyrrole nitrogens is 1. The lowest BCUT2D eigenvalue weighted by atomic mass is 10.0. The number of pyridine rings is 1. The fourth-order valence-corrected chi connectivity index (χ4v) is 3.28. The third kappa shape index (κ3) is 3.43. The largest absolute Gasteiger partial charge is 0.354 e. The van der Waals surface area contributed by atoms with Crippen molar-refractivity contribution >= 4 is 22.5 Å². The van der Waals surface area contributed by atoms with Crippen molar-refractivity contribution in [3.05, 3.63) is 101 Å². The van der Waals surface area contributed by atoms with E-state index in [-0.39, 0.29) is 6.04 Å². The molecule has 2 aromatic carbocycles. The van der Waals surface area contributed by atoms with E-state index >= 15 is 0 Å². The van der Waals surface area contributed by atoms with Gasteiger partial charge in [0, 0.05) is 23.8 Å². The summed E-state index contributed by atoms with van der Waals surface area (Å²) in [5.41, 5.74) is 4.40. The number of fused-ring (bicyclic) bond motifs is 1. The molecule has 0 saturated heterocycles. The first-order valence-corrected chi connectivity index (χ1v) is 8.64. The molecule has 0 saturated carbocycles. The summed E-state index contributed by atoms with van der Waals surface area (Å²) >= 11 is 6.23. The topological polar surface area (TPSA) is 40.7 Å². The van der Waals surface area contributed by atoms with Crippen LogP contribution in [0, 0.1) is 0 Å². The molecule has 0 aliphatic heterocycles. The zero-order chi connectivity index (χ0) is 17.1. The molecule has 0 unspecified atom stereocenters. The highest BCUT2D eigenvalue weighted by molar-refractivity contribution is 6.33. The van der Waals surface area contributed by atoms with Crippen molar-refractivity contribution in [1.82, 2.24) is 15.3 Å². The van der Waals surface area contributed by atoms with Gasteiger partial charge in [-0.15, -0.1) is 0 Å². The third-order valence-electron chi connectivity index (χ3n) is 4.31. The Bertz CT molecular complexity index is 964. The summed E-state index contributed by atoms with van der Waals surface area (Å²) in [7, 11) is 0. The monoisotopic (exact) mass is 347 g/mol. The predicted molar refractivity (Wildman–Crippen MR) is 103 cm³/mol. The molecule has 0 radical (unpaired) electrons. The number of halogens is 1. The van der Waals surface area contributed by atoms with Gasteiger partial charge in [-0.2, -0.15) is 0 Å². The molecular formula is C21H18ClN3. The Balaban J connectivity index is 1.70. The molecule has 0 aliphatic carbocycles. The van der Waals surface area contributed by atoms with Crippen molar-refractivity contribution in [2.75, 3.05) is 0 Å². The highest BCUT2D eigenvalue weighted by atomic mass is 35.5. The van der Waals surface area contributed by atoms with Gasteiger partial charge in [0.15, 0.2) is 5.15 Å². The Kier molecular flexibility index (Phi) is 4.51. The number of hydrogen-bond acceptors (Lipinski definition) is 2. The first-order valence-electron chi connectivity index (χ1n) is 8.26. The van der Waals surface area contributed by atoms with Crippen molar-refractivity contribution in [3.8, 4) is 0 Å². The molecule has 0 aliphatic rings. The fraction of sp³-hybridized carbons (Fsp3) is 0.0952. The Labute approximate surface area is 151 Å². The molecular weight excluding hydrogens is 330 g/mol. The van der Waals surface area contributed by atoms with Crippen molar-refractivity contribution in [2.45, 2.75) is 12.6 Å². The van der Waals surface area contributed by atoms with E-state index in [4.69, 9.17) is 11.6 Å². The van der Waals surface area contributed by atoms with Crippen molar-refractivity contribution in [2.24, 2.45) is 0 Å². The van der Waals surface area contributed by atoms with Crippen LogP contribution in [0.4, 0.5) is 0 Å². The third-order valence-corrected chi connectivity index (χ3v) is 4.60. The first kappa shape index (κ1) is 15.9. The zero-order valence-corrected chi connectivity index (χ0v) is 14.4. The highest BCUT2D eigenvalue weighted by Gasteiger charge is 2.17. The number of nitrogens with zero attached hydrogens (tertiary/aromatic N) is 1. The van der Waals surface area contributed by atoms with Crippen LogP contribution >= 0.6 is 11.6 Å². The van der Waals surface area contributed by atoms with Crippen LogP contribution in [0.5, 0.6) is 0 Å². The number of rotatable bonds is 5. The van der Waals surface area contributed by atoms with Crippen LogP contribution in [-0.2, 0) is 6.54 Å². The molecule has 0 bridgehead atoms. The molecule has 2 N–H and O–H groups in total. The van der Waals surface area contributed by atoms with E-state index in [0.717, 1.165) is 23.1 Å². The van der Waals surface area contributed by atoms with Crippen LogP contribution in [0.25, 0.3) is 10.9 Å². The van der Waals surface area contributed by atoms with Gasteiger partial charge >= 0.3 is 0 Å². The maximum Gasteiger partial charge on any atom is 0.153 e. The average molecular weight is 348 g/mol. The van der Waals surface area contributed by atoms with Crippen LogP contribution in [0.15, 0.2) is 79.0 Å². The summed E-state index contributed by atoms with van der Waals surface area (Å²) in [6.45, 7) is 0.780. The van der Waals surface area contributed by atoms with Crippen molar-refractivity contribution < 1.29 is 0 Å². The summed E-state index contributed by atoms with van der Waals surface area (Å²) in [6, 6.07) is 25.0. The second-order valence-corrected chi connectivity index (χ2v) is 6.36. The lowest BCUT2D eigenvalue weighted by molar-refractivity contribution is 0.595. The molecule has 25 heavy (non-hydrogen) atoms. The smallest absolute Gasteiger partial charge is 0.153 e. The molecule has 1 atom stereocenters. The summed E-state index contributed by atoms with van der Waals surface area (Å²) in [4.78, 5) is 7.60. The van der Waals surface area contributed by atoms with Gasteiger partial charge < -0.3 is 10.3 Å². The Hall–Kier alpha value is -2.62. The predicted octanol–water partition coefficient (Wildman–Crippen LogP) is 5.10. The summed E-state index contributed by atoms with van der Waals surface area (Å²) in [5.74, 6) is 0. The van der Waals surface area contributed by atoms with Crippen LogP contribution in [0.3, 0.4) is 0 Å². The minimum atomic E-state index is 0.0462. The van der Waals surface area contributed by atoms with Crippen molar-refractivity contribution in [3.63, 3.8) is 0 Å². The van der Waals surface area contributed by atoms with Gasteiger partial charge in [-0.05, 0) is 23.3 Å². The van der Waals surface area contributed by atoms with Gasteiger partial charge in [-0.25, -0.2) is 4.98 Å². The van der Waals surface area contributed by atoms with Gasteiger partial charge in [0.25, 0.3) is 0 Å². The number of nitrogens with one attached hydrogen (secondary N) is 2.